The molecule has 1 heterocycles. The van der Waals surface area contributed by atoms with Crippen LogP contribution in [-0.4, -0.2) is 39.2 Å². The van der Waals surface area contributed by atoms with E-state index < -0.39 is 5.97 Å². The van der Waals surface area contributed by atoms with Gasteiger partial charge in [-0.2, -0.15) is 0 Å². The average molecular weight is 296 g/mol. The molecule has 1 aromatic rings. The zero-order valence-corrected chi connectivity index (χ0v) is 12.8. The summed E-state index contributed by atoms with van der Waals surface area (Å²) >= 11 is 0. The number of carboxylic acids is 1. The van der Waals surface area contributed by atoms with Crippen LogP contribution in [0.2, 0.25) is 0 Å². The second-order valence-electron chi connectivity index (χ2n) is 5.35. The van der Waals surface area contributed by atoms with Crippen molar-refractivity contribution in [1.82, 2.24) is 20.2 Å². The molecule has 3 N–H and O–H groups in total. The number of rotatable bonds is 8. The number of carbonyl (C=O) groups excluding carboxylic acids is 1. The molecule has 0 saturated heterocycles. The van der Waals surface area contributed by atoms with Crippen LogP contribution in [-0.2, 0) is 6.54 Å². The number of carbonyl (C=O) groups is 2. The summed E-state index contributed by atoms with van der Waals surface area (Å²) in [6, 6.07) is -0.0730. The van der Waals surface area contributed by atoms with Gasteiger partial charge in [-0.1, -0.05) is 20.3 Å². The Bertz CT molecular complexity index is 473. The van der Waals surface area contributed by atoms with Gasteiger partial charge in [-0.15, -0.1) is 0 Å². The monoisotopic (exact) mass is 296 g/mol. The van der Waals surface area contributed by atoms with Gasteiger partial charge in [0.25, 0.3) is 0 Å². The molecule has 0 spiro atoms. The van der Waals surface area contributed by atoms with Crippen molar-refractivity contribution >= 4 is 12.0 Å². The van der Waals surface area contributed by atoms with Gasteiger partial charge >= 0.3 is 12.0 Å². The lowest BCUT2D eigenvalue weighted by Gasteiger charge is -2.17. The molecule has 0 bridgehead atoms. The van der Waals surface area contributed by atoms with E-state index in [0.717, 1.165) is 12.8 Å². The number of nitrogens with one attached hydrogen (secondary N) is 2. The fourth-order valence-corrected chi connectivity index (χ4v) is 2.00. The third-order valence-corrected chi connectivity index (χ3v) is 3.34. The van der Waals surface area contributed by atoms with Crippen LogP contribution >= 0.6 is 0 Å². The Morgan fingerprint density at radius 2 is 2.14 bits per heavy atom. The Kier molecular flexibility index (Phi) is 6.71. The van der Waals surface area contributed by atoms with Crippen molar-refractivity contribution in [2.24, 2.45) is 5.92 Å². The number of aromatic carboxylic acids is 1. The summed E-state index contributed by atoms with van der Waals surface area (Å²) in [6.07, 6.45) is 4.93. The number of nitrogens with zero attached hydrogens (tertiary/aromatic N) is 2. The van der Waals surface area contributed by atoms with E-state index in [-0.39, 0.29) is 17.8 Å². The zero-order chi connectivity index (χ0) is 15.8. The van der Waals surface area contributed by atoms with Gasteiger partial charge < -0.3 is 20.3 Å². The number of hydrogen-bond donors (Lipinski definition) is 3. The number of aromatic nitrogens is 2. The van der Waals surface area contributed by atoms with Crippen LogP contribution in [0.5, 0.6) is 0 Å². The van der Waals surface area contributed by atoms with Crippen molar-refractivity contribution < 1.29 is 14.7 Å². The molecule has 7 heteroatoms. The first-order chi connectivity index (χ1) is 9.92. The summed E-state index contributed by atoms with van der Waals surface area (Å²) in [6.45, 7) is 7.18. The Hall–Kier alpha value is -2.05. The topological polar surface area (TPSA) is 96.3 Å². The van der Waals surface area contributed by atoms with Crippen LogP contribution in [0.15, 0.2) is 12.5 Å². The first kappa shape index (κ1) is 17.0. The Morgan fingerprint density at radius 1 is 1.43 bits per heavy atom. The van der Waals surface area contributed by atoms with Crippen LogP contribution < -0.4 is 10.6 Å². The first-order valence-electron chi connectivity index (χ1n) is 7.21. The van der Waals surface area contributed by atoms with E-state index in [9.17, 15) is 9.59 Å². The standard InChI is InChI=1S/C14H24N4O3/c1-4-10(2)7-11(3)17-14(21)15-5-6-18-8-12(13(19)20)16-9-18/h8-11H,4-7H2,1-3H3,(H,19,20)(H2,15,17,21). The van der Waals surface area contributed by atoms with Crippen molar-refractivity contribution in [2.75, 3.05) is 6.54 Å². The number of carboxylic acid groups (broad SMARTS) is 1. The van der Waals surface area contributed by atoms with Crippen LogP contribution in [0.3, 0.4) is 0 Å². The van der Waals surface area contributed by atoms with Gasteiger partial charge in [-0.05, 0) is 19.3 Å². The van der Waals surface area contributed by atoms with Crippen LogP contribution in [0.4, 0.5) is 4.79 Å². The number of imidazole rings is 1. The predicted molar refractivity (Wildman–Crippen MR) is 79.3 cm³/mol. The van der Waals surface area contributed by atoms with Gasteiger partial charge in [0.2, 0.25) is 0 Å². The highest BCUT2D eigenvalue weighted by Gasteiger charge is 2.10. The van der Waals surface area contributed by atoms with Gasteiger partial charge in [-0.25, -0.2) is 14.6 Å². The number of hydrogen-bond acceptors (Lipinski definition) is 3. The van der Waals surface area contributed by atoms with Crippen molar-refractivity contribution in [3.8, 4) is 0 Å². The summed E-state index contributed by atoms with van der Waals surface area (Å²) in [5, 5.41) is 14.4. The number of urea groups is 1. The molecule has 0 radical (unpaired) electrons. The lowest BCUT2D eigenvalue weighted by atomic mass is 10.0. The van der Waals surface area contributed by atoms with Crippen LogP contribution in [0, 0.1) is 5.92 Å². The molecule has 0 aliphatic rings. The van der Waals surface area contributed by atoms with E-state index >= 15 is 0 Å². The van der Waals surface area contributed by atoms with Gasteiger partial charge in [0, 0.05) is 25.3 Å². The van der Waals surface area contributed by atoms with E-state index in [2.05, 4.69) is 29.5 Å². The molecule has 7 nitrogen and oxygen atoms in total. The minimum atomic E-state index is -1.06. The molecule has 21 heavy (non-hydrogen) atoms. The van der Waals surface area contributed by atoms with E-state index in [4.69, 9.17) is 5.11 Å². The largest absolute Gasteiger partial charge is 0.476 e. The Balaban J connectivity index is 2.25. The lowest BCUT2D eigenvalue weighted by molar-refractivity contribution is 0.0691. The second-order valence-corrected chi connectivity index (χ2v) is 5.35. The summed E-state index contributed by atoms with van der Waals surface area (Å²) in [4.78, 5) is 26.1. The van der Waals surface area contributed by atoms with Gasteiger partial charge in [0.05, 0.1) is 6.33 Å². The van der Waals surface area contributed by atoms with Crippen molar-refractivity contribution in [3.63, 3.8) is 0 Å². The van der Waals surface area contributed by atoms with E-state index in [1.807, 2.05) is 6.92 Å². The van der Waals surface area contributed by atoms with E-state index in [1.165, 1.54) is 12.5 Å². The summed E-state index contributed by atoms with van der Waals surface area (Å²) < 4.78 is 1.63. The highest BCUT2D eigenvalue weighted by molar-refractivity contribution is 5.84. The van der Waals surface area contributed by atoms with Gasteiger partial charge in [0.15, 0.2) is 5.69 Å². The molecule has 0 aromatic carbocycles. The molecule has 2 amide bonds. The Labute approximate surface area is 124 Å². The maximum absolute atomic E-state index is 11.7. The first-order valence-corrected chi connectivity index (χ1v) is 7.21. The molecule has 0 saturated carbocycles. The predicted octanol–water partition coefficient (Wildman–Crippen LogP) is 1.71. The maximum atomic E-state index is 11.7. The third-order valence-electron chi connectivity index (χ3n) is 3.34. The van der Waals surface area contributed by atoms with Gasteiger partial charge in [-0.3, -0.25) is 0 Å². The number of amides is 2. The van der Waals surface area contributed by atoms with Crippen LogP contribution in [0.1, 0.15) is 44.1 Å². The minimum absolute atomic E-state index is 0.00151. The molecule has 0 fully saturated rings. The Morgan fingerprint density at radius 3 is 2.71 bits per heavy atom. The SMILES string of the molecule is CCC(C)CC(C)NC(=O)NCCn1cnc(C(=O)O)c1. The smallest absolute Gasteiger partial charge is 0.356 e. The third kappa shape index (κ3) is 6.29. The molecular weight excluding hydrogens is 272 g/mol. The lowest BCUT2D eigenvalue weighted by Crippen LogP contribution is -2.42. The van der Waals surface area contributed by atoms with E-state index in [1.54, 1.807) is 4.57 Å². The molecule has 0 aliphatic heterocycles. The molecule has 0 aliphatic carbocycles. The van der Waals surface area contributed by atoms with Crippen LogP contribution in [0.25, 0.3) is 0 Å². The fourth-order valence-electron chi connectivity index (χ4n) is 2.00. The van der Waals surface area contributed by atoms with Crippen molar-refractivity contribution in [1.29, 1.82) is 0 Å². The molecule has 118 valence electrons. The molecule has 2 unspecified atom stereocenters. The summed E-state index contributed by atoms with van der Waals surface area (Å²) in [5.41, 5.74) is 0.00151. The normalized spacial score (nSPS) is 13.5. The van der Waals surface area contributed by atoms with Crippen molar-refractivity contribution in [2.45, 2.75) is 46.2 Å². The quantitative estimate of drug-likeness (QED) is 0.680. The zero-order valence-electron chi connectivity index (χ0n) is 12.8. The second kappa shape index (κ2) is 8.28. The summed E-state index contributed by atoms with van der Waals surface area (Å²) in [5.74, 6) is -0.473. The van der Waals surface area contributed by atoms with Gasteiger partial charge in [0.1, 0.15) is 0 Å². The minimum Gasteiger partial charge on any atom is -0.476 e. The average Bonchev–Trinajstić information content (AvgIpc) is 2.87. The van der Waals surface area contributed by atoms with Crippen molar-refractivity contribution in [3.05, 3.63) is 18.2 Å². The summed E-state index contributed by atoms with van der Waals surface area (Å²) in [7, 11) is 0. The molecule has 1 aromatic heterocycles. The fraction of sp³-hybridized carbons (Fsp3) is 0.643. The van der Waals surface area contributed by atoms with E-state index in [0.29, 0.717) is 19.0 Å². The molecular formula is C14H24N4O3. The molecule has 2 atom stereocenters. The molecule has 1 rings (SSSR count). The maximum Gasteiger partial charge on any atom is 0.356 e. The highest BCUT2D eigenvalue weighted by atomic mass is 16.4. The highest BCUT2D eigenvalue weighted by Crippen LogP contribution is 2.08.